The number of para-hydroxylation sites is 1. The maximum absolute atomic E-state index is 11.7. The van der Waals surface area contributed by atoms with Gasteiger partial charge in [0.05, 0.1) is 18.5 Å². The first-order valence-electron chi connectivity index (χ1n) is 5.51. The Labute approximate surface area is 99.8 Å². The van der Waals surface area contributed by atoms with E-state index in [1.165, 1.54) is 0 Å². The van der Waals surface area contributed by atoms with Crippen LogP contribution >= 0.6 is 0 Å². The summed E-state index contributed by atoms with van der Waals surface area (Å²) in [6.45, 7) is 4.12. The van der Waals surface area contributed by atoms with Crippen LogP contribution in [0.2, 0.25) is 0 Å². The molecule has 0 fully saturated rings. The summed E-state index contributed by atoms with van der Waals surface area (Å²) < 4.78 is 6.59. The Kier molecular flexibility index (Phi) is 3.23. The Hall–Kier alpha value is -2.10. The Bertz CT molecular complexity index is 532. The van der Waals surface area contributed by atoms with Gasteiger partial charge >= 0.3 is 5.97 Å². The second-order valence-electron chi connectivity index (χ2n) is 3.64. The van der Waals surface area contributed by atoms with Gasteiger partial charge in [-0.15, -0.1) is 0 Å². The van der Waals surface area contributed by atoms with Crippen LogP contribution in [0.5, 0.6) is 0 Å². The van der Waals surface area contributed by atoms with E-state index < -0.39 is 0 Å². The number of ether oxygens (including phenoxy) is 1. The van der Waals surface area contributed by atoms with Crippen LogP contribution in [0.3, 0.4) is 0 Å². The van der Waals surface area contributed by atoms with Gasteiger partial charge in [0, 0.05) is 0 Å². The standard InChI is InChI=1S/C13H14N2O2/c1-3-17-13(16)12-8-9-14-15(12)11-7-5-4-6-10(11)2/h4-9H,3H2,1-2H3. The van der Waals surface area contributed by atoms with Crippen LogP contribution in [0.4, 0.5) is 0 Å². The third-order valence-electron chi connectivity index (χ3n) is 2.47. The van der Waals surface area contributed by atoms with Crippen molar-refractivity contribution in [3.05, 3.63) is 47.8 Å². The van der Waals surface area contributed by atoms with Gasteiger partial charge in [-0.3, -0.25) is 0 Å². The fourth-order valence-corrected chi connectivity index (χ4v) is 1.66. The Morgan fingerprint density at radius 2 is 2.12 bits per heavy atom. The van der Waals surface area contributed by atoms with Crippen molar-refractivity contribution in [1.29, 1.82) is 0 Å². The molecule has 4 nitrogen and oxygen atoms in total. The number of hydrogen-bond donors (Lipinski definition) is 0. The highest BCUT2D eigenvalue weighted by Gasteiger charge is 2.14. The molecular weight excluding hydrogens is 216 g/mol. The fourth-order valence-electron chi connectivity index (χ4n) is 1.66. The van der Waals surface area contributed by atoms with E-state index in [4.69, 9.17) is 4.74 Å². The quantitative estimate of drug-likeness (QED) is 0.760. The molecule has 2 rings (SSSR count). The van der Waals surface area contributed by atoms with E-state index in [0.717, 1.165) is 11.3 Å². The summed E-state index contributed by atoms with van der Waals surface area (Å²) in [4.78, 5) is 11.7. The number of carbonyl (C=O) groups is 1. The molecule has 2 aromatic rings. The number of nitrogens with zero attached hydrogens (tertiary/aromatic N) is 2. The van der Waals surface area contributed by atoms with Crippen LogP contribution in [0, 0.1) is 6.92 Å². The topological polar surface area (TPSA) is 44.1 Å². The lowest BCUT2D eigenvalue weighted by atomic mass is 10.2. The van der Waals surface area contributed by atoms with Crippen LogP contribution in [-0.4, -0.2) is 22.4 Å². The van der Waals surface area contributed by atoms with E-state index in [9.17, 15) is 4.79 Å². The SMILES string of the molecule is CCOC(=O)c1ccnn1-c1ccccc1C. The Balaban J connectivity index is 2.44. The second-order valence-corrected chi connectivity index (χ2v) is 3.64. The lowest BCUT2D eigenvalue weighted by Gasteiger charge is -2.09. The molecule has 0 N–H and O–H groups in total. The predicted octanol–water partition coefficient (Wildman–Crippen LogP) is 2.36. The molecule has 4 heteroatoms. The molecule has 0 aliphatic rings. The maximum Gasteiger partial charge on any atom is 0.357 e. The molecular formula is C13H14N2O2. The van der Waals surface area contributed by atoms with Crippen molar-refractivity contribution in [1.82, 2.24) is 9.78 Å². The zero-order chi connectivity index (χ0) is 12.3. The van der Waals surface area contributed by atoms with E-state index in [-0.39, 0.29) is 5.97 Å². The van der Waals surface area contributed by atoms with Gasteiger partial charge in [0.2, 0.25) is 0 Å². The van der Waals surface area contributed by atoms with Gasteiger partial charge in [0.25, 0.3) is 0 Å². The molecule has 1 aromatic heterocycles. The Morgan fingerprint density at radius 3 is 2.82 bits per heavy atom. The zero-order valence-electron chi connectivity index (χ0n) is 9.88. The molecule has 0 bridgehead atoms. The number of benzene rings is 1. The van der Waals surface area contributed by atoms with Crippen molar-refractivity contribution in [3.63, 3.8) is 0 Å². The first-order valence-corrected chi connectivity index (χ1v) is 5.51. The molecule has 17 heavy (non-hydrogen) atoms. The molecule has 0 unspecified atom stereocenters. The molecule has 1 heterocycles. The summed E-state index contributed by atoms with van der Waals surface area (Å²) in [6.07, 6.45) is 1.60. The smallest absolute Gasteiger partial charge is 0.357 e. The van der Waals surface area contributed by atoms with Crippen molar-refractivity contribution in [2.24, 2.45) is 0 Å². The number of esters is 1. The summed E-state index contributed by atoms with van der Waals surface area (Å²) in [7, 11) is 0. The highest BCUT2D eigenvalue weighted by atomic mass is 16.5. The van der Waals surface area contributed by atoms with Gasteiger partial charge in [-0.2, -0.15) is 5.10 Å². The van der Waals surface area contributed by atoms with Crippen molar-refractivity contribution in [2.45, 2.75) is 13.8 Å². The summed E-state index contributed by atoms with van der Waals surface area (Å²) >= 11 is 0. The highest BCUT2D eigenvalue weighted by molar-refractivity contribution is 5.88. The molecule has 0 atom stereocenters. The van der Waals surface area contributed by atoms with E-state index >= 15 is 0 Å². The maximum atomic E-state index is 11.7. The van der Waals surface area contributed by atoms with Crippen molar-refractivity contribution in [3.8, 4) is 5.69 Å². The number of aromatic nitrogens is 2. The molecule has 0 saturated carbocycles. The molecule has 0 aliphatic heterocycles. The second kappa shape index (κ2) is 4.82. The molecule has 0 radical (unpaired) electrons. The minimum atomic E-state index is -0.353. The summed E-state index contributed by atoms with van der Waals surface area (Å²) in [6, 6.07) is 9.42. The average molecular weight is 230 g/mol. The largest absolute Gasteiger partial charge is 0.461 e. The molecule has 88 valence electrons. The summed E-state index contributed by atoms with van der Waals surface area (Å²) in [5.74, 6) is -0.353. The normalized spacial score (nSPS) is 10.2. The average Bonchev–Trinajstić information content (AvgIpc) is 2.79. The van der Waals surface area contributed by atoms with Crippen molar-refractivity contribution < 1.29 is 9.53 Å². The van der Waals surface area contributed by atoms with Gasteiger partial charge in [-0.05, 0) is 31.5 Å². The number of rotatable bonds is 3. The van der Waals surface area contributed by atoms with Crippen LogP contribution in [0.1, 0.15) is 23.0 Å². The Morgan fingerprint density at radius 1 is 1.35 bits per heavy atom. The van der Waals surface area contributed by atoms with E-state index in [1.807, 2.05) is 31.2 Å². The van der Waals surface area contributed by atoms with E-state index in [1.54, 1.807) is 23.9 Å². The highest BCUT2D eigenvalue weighted by Crippen LogP contribution is 2.15. The molecule has 0 saturated heterocycles. The van der Waals surface area contributed by atoms with Crippen LogP contribution in [-0.2, 0) is 4.74 Å². The molecule has 0 spiro atoms. The third kappa shape index (κ3) is 2.20. The monoisotopic (exact) mass is 230 g/mol. The lowest BCUT2D eigenvalue weighted by Crippen LogP contribution is -2.12. The minimum absolute atomic E-state index is 0.353. The van der Waals surface area contributed by atoms with Gasteiger partial charge in [0.1, 0.15) is 0 Å². The van der Waals surface area contributed by atoms with Crippen LogP contribution in [0.15, 0.2) is 36.5 Å². The van der Waals surface area contributed by atoms with Crippen molar-refractivity contribution in [2.75, 3.05) is 6.61 Å². The predicted molar refractivity (Wildman–Crippen MR) is 64.3 cm³/mol. The fraction of sp³-hybridized carbons (Fsp3) is 0.231. The van der Waals surface area contributed by atoms with E-state index in [0.29, 0.717) is 12.3 Å². The van der Waals surface area contributed by atoms with Crippen molar-refractivity contribution >= 4 is 5.97 Å². The van der Waals surface area contributed by atoms with Gasteiger partial charge in [-0.25, -0.2) is 9.48 Å². The van der Waals surface area contributed by atoms with Crippen LogP contribution in [0.25, 0.3) is 5.69 Å². The third-order valence-corrected chi connectivity index (χ3v) is 2.47. The number of carbonyl (C=O) groups excluding carboxylic acids is 1. The zero-order valence-corrected chi connectivity index (χ0v) is 9.88. The summed E-state index contributed by atoms with van der Waals surface area (Å²) in [5, 5.41) is 4.17. The first-order chi connectivity index (χ1) is 8.24. The lowest BCUT2D eigenvalue weighted by molar-refractivity contribution is 0.0516. The van der Waals surface area contributed by atoms with Gasteiger partial charge in [0.15, 0.2) is 5.69 Å². The molecule has 0 aliphatic carbocycles. The van der Waals surface area contributed by atoms with Gasteiger partial charge in [-0.1, -0.05) is 18.2 Å². The molecule has 1 aromatic carbocycles. The van der Waals surface area contributed by atoms with E-state index in [2.05, 4.69) is 5.10 Å². The minimum Gasteiger partial charge on any atom is -0.461 e. The molecule has 0 amide bonds. The van der Waals surface area contributed by atoms with Gasteiger partial charge < -0.3 is 4.74 Å². The summed E-state index contributed by atoms with van der Waals surface area (Å²) in [5.41, 5.74) is 2.39. The first kappa shape index (κ1) is 11.4. The number of hydrogen-bond acceptors (Lipinski definition) is 3. The number of aryl methyl sites for hydroxylation is 1. The van der Waals surface area contributed by atoms with Crippen LogP contribution < -0.4 is 0 Å².